The lowest BCUT2D eigenvalue weighted by Gasteiger charge is -2.46. The summed E-state index contributed by atoms with van der Waals surface area (Å²) in [5, 5.41) is 0. The van der Waals surface area contributed by atoms with Crippen LogP contribution in [0.15, 0.2) is 36.9 Å². The molecule has 2 amide bonds. The molecule has 0 radical (unpaired) electrons. The van der Waals surface area contributed by atoms with E-state index in [4.69, 9.17) is 14.2 Å². The van der Waals surface area contributed by atoms with Crippen LogP contribution >= 0.6 is 0 Å². The molecule has 1 aromatic carbocycles. The highest BCUT2D eigenvalue weighted by molar-refractivity contribution is 6.07. The molecule has 2 aliphatic rings. The molecule has 1 saturated heterocycles. The van der Waals surface area contributed by atoms with Crippen LogP contribution in [0, 0.1) is 5.92 Å². The summed E-state index contributed by atoms with van der Waals surface area (Å²) in [4.78, 5) is 42.7. The average molecular weight is 431 g/mol. The van der Waals surface area contributed by atoms with E-state index >= 15 is 0 Å². The van der Waals surface area contributed by atoms with Crippen molar-refractivity contribution in [3.8, 4) is 0 Å². The number of benzene rings is 1. The van der Waals surface area contributed by atoms with Gasteiger partial charge in [0.1, 0.15) is 5.54 Å². The number of ether oxygens (including phenoxy) is 3. The number of amides is 2. The third-order valence-electron chi connectivity index (χ3n) is 6.06. The summed E-state index contributed by atoms with van der Waals surface area (Å²) in [6.45, 7) is 8.17. The van der Waals surface area contributed by atoms with E-state index in [1.165, 1.54) is 4.90 Å². The third kappa shape index (κ3) is 3.92. The van der Waals surface area contributed by atoms with Gasteiger partial charge in [0.05, 0.1) is 25.7 Å². The predicted molar refractivity (Wildman–Crippen MR) is 115 cm³/mol. The van der Waals surface area contributed by atoms with Gasteiger partial charge in [-0.2, -0.15) is 0 Å². The number of carbonyl (C=O) groups is 3. The fraction of sp³-hybridized carbons (Fsp3) is 0.522. The zero-order valence-corrected chi connectivity index (χ0v) is 18.3. The Bertz CT molecular complexity index is 856. The summed E-state index contributed by atoms with van der Waals surface area (Å²) in [5.74, 6) is -1.90. The first kappa shape index (κ1) is 22.8. The molecule has 2 aliphatic heterocycles. The van der Waals surface area contributed by atoms with Crippen molar-refractivity contribution in [1.29, 1.82) is 0 Å². The second-order valence-electron chi connectivity index (χ2n) is 7.79. The lowest BCUT2D eigenvalue weighted by Crippen LogP contribution is -2.62. The molecule has 0 spiro atoms. The van der Waals surface area contributed by atoms with Gasteiger partial charge in [0, 0.05) is 31.8 Å². The zero-order chi connectivity index (χ0) is 22.6. The number of nitrogens with zero attached hydrogens (tertiary/aromatic N) is 2. The van der Waals surface area contributed by atoms with Crippen LogP contribution in [0.5, 0.6) is 0 Å². The van der Waals surface area contributed by atoms with E-state index in [1.807, 2.05) is 24.3 Å². The molecule has 8 nitrogen and oxygen atoms in total. The van der Waals surface area contributed by atoms with Gasteiger partial charge in [-0.25, -0.2) is 4.79 Å². The van der Waals surface area contributed by atoms with E-state index in [0.717, 1.165) is 11.3 Å². The molecule has 0 aliphatic carbocycles. The molecule has 168 valence electrons. The molecule has 8 heteroatoms. The van der Waals surface area contributed by atoms with E-state index in [1.54, 1.807) is 31.9 Å². The van der Waals surface area contributed by atoms with Crippen molar-refractivity contribution in [3.05, 3.63) is 42.5 Å². The van der Waals surface area contributed by atoms with E-state index < -0.39 is 29.4 Å². The van der Waals surface area contributed by atoms with Crippen LogP contribution in [-0.4, -0.2) is 68.4 Å². The van der Waals surface area contributed by atoms with Gasteiger partial charge < -0.3 is 19.1 Å². The molecule has 2 heterocycles. The van der Waals surface area contributed by atoms with Gasteiger partial charge in [-0.05, 0) is 31.9 Å². The van der Waals surface area contributed by atoms with Crippen LogP contribution in [0.4, 0.5) is 10.5 Å². The second kappa shape index (κ2) is 9.51. The number of para-hydroxylation sites is 1. The molecular formula is C23H30N2O6. The van der Waals surface area contributed by atoms with Crippen molar-refractivity contribution < 1.29 is 28.6 Å². The van der Waals surface area contributed by atoms with Gasteiger partial charge in [-0.15, -0.1) is 6.58 Å². The van der Waals surface area contributed by atoms with Crippen LogP contribution in [-0.2, 0) is 23.8 Å². The normalized spacial score (nSPS) is 24.4. The molecule has 1 aromatic rings. The zero-order valence-electron chi connectivity index (χ0n) is 18.3. The van der Waals surface area contributed by atoms with Crippen molar-refractivity contribution in [2.75, 3.05) is 44.9 Å². The fourth-order valence-corrected chi connectivity index (χ4v) is 4.63. The Hall–Kier alpha value is -2.87. The van der Waals surface area contributed by atoms with Gasteiger partial charge in [0.25, 0.3) is 5.91 Å². The largest absolute Gasteiger partial charge is 0.466 e. The van der Waals surface area contributed by atoms with Crippen LogP contribution < -0.4 is 4.90 Å². The Balaban J connectivity index is 2.09. The summed E-state index contributed by atoms with van der Waals surface area (Å²) in [7, 11) is 1.57. The molecule has 0 aromatic heterocycles. The summed E-state index contributed by atoms with van der Waals surface area (Å²) in [5.41, 5.74) is 0.272. The summed E-state index contributed by atoms with van der Waals surface area (Å²) in [6, 6.07) is 7.49. The van der Waals surface area contributed by atoms with E-state index in [-0.39, 0.29) is 25.7 Å². The minimum atomic E-state index is -1.29. The standard InChI is InChI=1S/C23H30N2O6/c1-5-7-13-31-22(28)25-15-17(20(26)30-6-2)19-16-10-8-9-11-18(16)24(12-14-29-4)21(27)23(19,25)3/h5,8-11,17,19H,1,6-7,12-15H2,2-4H3/t17-,19+,23-/m0/s1. The van der Waals surface area contributed by atoms with Crippen molar-refractivity contribution in [2.24, 2.45) is 5.92 Å². The van der Waals surface area contributed by atoms with Gasteiger partial charge >= 0.3 is 12.1 Å². The Kier molecular flexibility index (Phi) is 7.00. The number of hydrogen-bond acceptors (Lipinski definition) is 6. The fourth-order valence-electron chi connectivity index (χ4n) is 4.63. The highest BCUT2D eigenvalue weighted by atomic mass is 16.6. The van der Waals surface area contributed by atoms with E-state index in [9.17, 15) is 14.4 Å². The first-order chi connectivity index (χ1) is 14.9. The predicted octanol–water partition coefficient (Wildman–Crippen LogP) is 2.73. The number of likely N-dealkylation sites (tertiary alicyclic amines) is 1. The van der Waals surface area contributed by atoms with Gasteiger partial charge in [0.2, 0.25) is 0 Å². The Morgan fingerprint density at radius 2 is 2.00 bits per heavy atom. The third-order valence-corrected chi connectivity index (χ3v) is 6.06. The quantitative estimate of drug-likeness (QED) is 0.358. The van der Waals surface area contributed by atoms with Crippen molar-refractivity contribution in [3.63, 3.8) is 0 Å². The number of esters is 1. The SMILES string of the molecule is C=CCCOC(=O)N1C[C@H](C(=O)OCC)[C@H]2c3ccccc3N(CCOC)C(=O)[C@]21C. The smallest absolute Gasteiger partial charge is 0.410 e. The summed E-state index contributed by atoms with van der Waals surface area (Å²) >= 11 is 0. The Morgan fingerprint density at radius 1 is 1.26 bits per heavy atom. The minimum Gasteiger partial charge on any atom is -0.466 e. The first-order valence-electron chi connectivity index (χ1n) is 10.5. The molecule has 0 unspecified atom stereocenters. The lowest BCUT2D eigenvalue weighted by molar-refractivity contribution is -0.148. The second-order valence-corrected chi connectivity index (χ2v) is 7.79. The molecule has 0 saturated carbocycles. The molecule has 1 fully saturated rings. The maximum absolute atomic E-state index is 13.8. The maximum Gasteiger partial charge on any atom is 0.410 e. The van der Waals surface area contributed by atoms with Gasteiger partial charge in [-0.3, -0.25) is 14.5 Å². The Labute approximate surface area is 182 Å². The monoisotopic (exact) mass is 430 g/mol. The first-order valence-corrected chi connectivity index (χ1v) is 10.5. The summed E-state index contributed by atoms with van der Waals surface area (Å²) < 4.78 is 15.9. The minimum absolute atomic E-state index is 0.0467. The molecule has 31 heavy (non-hydrogen) atoms. The number of hydrogen-bond donors (Lipinski definition) is 0. The van der Waals surface area contributed by atoms with E-state index in [2.05, 4.69) is 6.58 Å². The lowest BCUT2D eigenvalue weighted by atomic mass is 9.72. The molecule has 0 bridgehead atoms. The molecule has 3 rings (SSSR count). The van der Waals surface area contributed by atoms with Gasteiger partial charge in [-0.1, -0.05) is 24.3 Å². The molecule has 3 atom stereocenters. The molecular weight excluding hydrogens is 400 g/mol. The average Bonchev–Trinajstić information content (AvgIpc) is 3.09. The van der Waals surface area contributed by atoms with Crippen LogP contribution in [0.3, 0.4) is 0 Å². The Morgan fingerprint density at radius 3 is 2.68 bits per heavy atom. The number of fused-ring (bicyclic) bond motifs is 3. The van der Waals surface area contributed by atoms with Crippen molar-refractivity contribution in [2.45, 2.75) is 31.7 Å². The maximum atomic E-state index is 13.8. The number of carbonyl (C=O) groups excluding carboxylic acids is 3. The number of methoxy groups -OCH3 is 1. The topological polar surface area (TPSA) is 85.4 Å². The van der Waals surface area contributed by atoms with Crippen LogP contribution in [0.1, 0.15) is 31.7 Å². The van der Waals surface area contributed by atoms with Gasteiger partial charge in [0.15, 0.2) is 0 Å². The van der Waals surface area contributed by atoms with Crippen molar-refractivity contribution >= 4 is 23.7 Å². The highest BCUT2D eigenvalue weighted by Crippen LogP contribution is 2.53. The number of rotatable bonds is 8. The highest BCUT2D eigenvalue weighted by Gasteiger charge is 2.64. The number of anilines is 1. The molecule has 0 N–H and O–H groups in total. The van der Waals surface area contributed by atoms with Crippen LogP contribution in [0.2, 0.25) is 0 Å². The van der Waals surface area contributed by atoms with E-state index in [0.29, 0.717) is 19.6 Å². The van der Waals surface area contributed by atoms with Crippen LogP contribution in [0.25, 0.3) is 0 Å². The summed E-state index contributed by atoms with van der Waals surface area (Å²) in [6.07, 6.45) is 1.52. The van der Waals surface area contributed by atoms with Crippen molar-refractivity contribution in [1.82, 2.24) is 4.90 Å².